The lowest BCUT2D eigenvalue weighted by atomic mass is 9.97. The quantitative estimate of drug-likeness (QED) is 0.126. The van der Waals surface area contributed by atoms with Crippen molar-refractivity contribution >= 4 is 11.1 Å². The molecule has 0 unspecified atom stereocenters. The summed E-state index contributed by atoms with van der Waals surface area (Å²) in [6, 6.07) is 34.1. The molecule has 0 atom stereocenters. The average molecular weight is 699 g/mol. The first-order chi connectivity index (χ1) is 25.8. The molecule has 0 saturated carbocycles. The second-order valence-corrected chi connectivity index (χ2v) is 12.2. The van der Waals surface area contributed by atoms with Crippen LogP contribution in [0.25, 0.3) is 67.3 Å². The Balaban J connectivity index is 1.36. The molecule has 0 fully saturated rings. The van der Waals surface area contributed by atoms with E-state index in [0.29, 0.717) is 11.1 Å². The number of halogens is 3. The van der Waals surface area contributed by atoms with Crippen LogP contribution in [-0.4, -0.2) is 9.97 Å². The molecule has 1 aromatic heterocycles. The summed E-state index contributed by atoms with van der Waals surface area (Å²) < 4.78 is 45.2. The maximum absolute atomic E-state index is 16.5. The Morgan fingerprint density at radius 3 is 1.15 bits per heavy atom. The lowest BCUT2D eigenvalue weighted by Gasteiger charge is -2.13. The Morgan fingerprint density at radius 1 is 0.472 bits per heavy atom. The van der Waals surface area contributed by atoms with Gasteiger partial charge < -0.3 is 0 Å². The van der Waals surface area contributed by atoms with Crippen molar-refractivity contribution in [3.05, 3.63) is 206 Å². The molecule has 5 heteroatoms. The van der Waals surface area contributed by atoms with Gasteiger partial charge in [0.2, 0.25) is 0 Å². The molecule has 2 nitrogen and oxygen atoms in total. The van der Waals surface area contributed by atoms with Crippen LogP contribution in [0.15, 0.2) is 177 Å². The van der Waals surface area contributed by atoms with E-state index in [4.69, 9.17) is 0 Å². The molecule has 0 saturated heterocycles. The third-order valence-corrected chi connectivity index (χ3v) is 8.68. The monoisotopic (exact) mass is 698 g/mol. The van der Waals surface area contributed by atoms with Crippen molar-refractivity contribution in [1.82, 2.24) is 9.97 Å². The number of hydrogen-bond donors (Lipinski definition) is 0. The molecular formula is C48H37F3N2. The highest BCUT2D eigenvalue weighted by molar-refractivity contribution is 5.80. The van der Waals surface area contributed by atoms with Crippen LogP contribution in [0, 0.1) is 17.5 Å². The summed E-state index contributed by atoms with van der Waals surface area (Å²) in [5.41, 5.74) is 9.18. The molecule has 5 aromatic carbocycles. The van der Waals surface area contributed by atoms with E-state index in [2.05, 4.69) is 23.1 Å². The summed E-state index contributed by atoms with van der Waals surface area (Å²) in [6.45, 7) is 11.6. The number of hydrogen-bond acceptors (Lipinski definition) is 2. The summed E-state index contributed by atoms with van der Waals surface area (Å²) in [5.74, 6) is -2.20. The largest absolute Gasteiger partial charge is 0.225 e. The van der Waals surface area contributed by atoms with Gasteiger partial charge in [0.1, 0.15) is 23.0 Å². The summed E-state index contributed by atoms with van der Waals surface area (Å²) in [7, 11) is 0. The number of aromatic nitrogens is 2. The minimum absolute atomic E-state index is 0.00292. The predicted molar refractivity (Wildman–Crippen MR) is 215 cm³/mol. The Hall–Kier alpha value is -6.59. The fraction of sp³-hybridized carbons (Fsp3) is 0.0417. The maximum Gasteiger partial charge on any atom is 0.175 e. The van der Waals surface area contributed by atoms with Gasteiger partial charge in [0.15, 0.2) is 11.6 Å². The van der Waals surface area contributed by atoms with Gasteiger partial charge in [-0.25, -0.2) is 23.1 Å². The average Bonchev–Trinajstić information content (AvgIpc) is 3.18. The molecule has 0 aliphatic heterocycles. The van der Waals surface area contributed by atoms with E-state index in [1.54, 1.807) is 36.4 Å². The zero-order chi connectivity index (χ0) is 37.3. The van der Waals surface area contributed by atoms with E-state index in [0.717, 1.165) is 62.7 Å². The highest BCUT2D eigenvalue weighted by atomic mass is 19.1. The molecule has 0 N–H and O–H groups in total. The molecule has 6 aromatic rings. The van der Waals surface area contributed by atoms with Crippen molar-refractivity contribution in [2.24, 2.45) is 0 Å². The molecule has 0 radical (unpaired) electrons. The first-order valence-corrected chi connectivity index (χ1v) is 17.2. The van der Waals surface area contributed by atoms with Crippen molar-refractivity contribution in [1.29, 1.82) is 0 Å². The van der Waals surface area contributed by atoms with Crippen molar-refractivity contribution in [3.8, 4) is 56.2 Å². The Bertz CT molecular complexity index is 2220. The molecule has 53 heavy (non-hydrogen) atoms. The lowest BCUT2D eigenvalue weighted by molar-refractivity contribution is 0.584. The van der Waals surface area contributed by atoms with Crippen LogP contribution in [0.2, 0.25) is 0 Å². The standard InChI is InChI=1S/C48H37F3N2/c1-5-9-32(10-6-2)34-13-17-36(18-14-34)38-21-25-40(26-22-38)46-45(51)47(53-48(52-46)42-29-43(49)31-44(50)30-42)41-27-23-39(24-28-41)37-19-15-35(16-20-37)33(11-7-3)12-8-4/h5-31H,1,3H2,2,4H3/b10-6-,12-8-,32-9+,33-11+. The molecule has 0 amide bonds. The minimum atomic E-state index is -0.780. The van der Waals surface area contributed by atoms with Crippen molar-refractivity contribution in [3.63, 3.8) is 0 Å². The fourth-order valence-corrected chi connectivity index (χ4v) is 6.10. The van der Waals surface area contributed by atoms with Gasteiger partial charge in [-0.3, -0.25) is 0 Å². The molecule has 260 valence electrons. The maximum atomic E-state index is 16.5. The van der Waals surface area contributed by atoms with E-state index >= 15 is 4.39 Å². The van der Waals surface area contributed by atoms with Crippen LogP contribution >= 0.6 is 0 Å². The minimum Gasteiger partial charge on any atom is -0.225 e. The predicted octanol–water partition coefficient (Wildman–Crippen LogP) is 13.5. The van der Waals surface area contributed by atoms with Gasteiger partial charge in [0.05, 0.1) is 0 Å². The zero-order valence-corrected chi connectivity index (χ0v) is 29.5. The Labute approximate surface area is 309 Å². The molecule has 6 rings (SSSR count). The van der Waals surface area contributed by atoms with Crippen molar-refractivity contribution in [2.45, 2.75) is 13.8 Å². The summed E-state index contributed by atoms with van der Waals surface area (Å²) >= 11 is 0. The van der Waals surface area contributed by atoms with E-state index < -0.39 is 17.5 Å². The Kier molecular flexibility index (Phi) is 11.4. The van der Waals surface area contributed by atoms with E-state index in [-0.39, 0.29) is 22.8 Å². The second kappa shape index (κ2) is 16.6. The molecule has 0 aliphatic rings. The first-order valence-electron chi connectivity index (χ1n) is 17.2. The van der Waals surface area contributed by atoms with Gasteiger partial charge in [-0.1, -0.05) is 159 Å². The van der Waals surface area contributed by atoms with Crippen LogP contribution in [0.5, 0.6) is 0 Å². The number of benzene rings is 5. The Morgan fingerprint density at radius 2 is 0.811 bits per heavy atom. The molecule has 1 heterocycles. The van der Waals surface area contributed by atoms with Gasteiger partial charge in [-0.15, -0.1) is 0 Å². The summed E-state index contributed by atoms with van der Waals surface area (Å²) in [6.07, 6.45) is 15.5. The van der Waals surface area contributed by atoms with Gasteiger partial charge in [-0.2, -0.15) is 0 Å². The topological polar surface area (TPSA) is 25.8 Å². The molecule has 0 spiro atoms. The first kappa shape index (κ1) is 36.2. The molecule has 0 aliphatic carbocycles. The van der Waals surface area contributed by atoms with Gasteiger partial charge in [-0.05, 0) is 70.5 Å². The van der Waals surface area contributed by atoms with Gasteiger partial charge >= 0.3 is 0 Å². The van der Waals surface area contributed by atoms with Crippen LogP contribution in [0.4, 0.5) is 13.2 Å². The van der Waals surface area contributed by atoms with Crippen LogP contribution in [0.3, 0.4) is 0 Å². The molecular weight excluding hydrogens is 662 g/mol. The lowest BCUT2D eigenvalue weighted by Crippen LogP contribution is -2.02. The summed E-state index contributed by atoms with van der Waals surface area (Å²) in [5, 5.41) is 0. The fourth-order valence-electron chi connectivity index (χ4n) is 6.10. The highest BCUT2D eigenvalue weighted by Gasteiger charge is 2.20. The number of nitrogens with zero attached hydrogens (tertiary/aromatic N) is 2. The number of rotatable bonds is 11. The smallest absolute Gasteiger partial charge is 0.175 e. The van der Waals surface area contributed by atoms with Gasteiger partial charge in [0.25, 0.3) is 0 Å². The van der Waals surface area contributed by atoms with Crippen LogP contribution in [-0.2, 0) is 0 Å². The van der Waals surface area contributed by atoms with Crippen LogP contribution in [0.1, 0.15) is 25.0 Å². The molecule has 0 bridgehead atoms. The van der Waals surface area contributed by atoms with E-state index in [1.165, 1.54) is 0 Å². The third-order valence-electron chi connectivity index (χ3n) is 8.68. The van der Waals surface area contributed by atoms with Gasteiger partial charge in [0, 0.05) is 22.8 Å². The SMILES string of the molecule is C=C/C=C(\C=C/C)c1ccc(-c2ccc(-c3nc(-c4cc(F)cc(F)c4)nc(-c4ccc(-c5ccc(C(/C=C\C)=C/C=C)cc5)cc4)c3F)cc2)cc1. The highest BCUT2D eigenvalue weighted by Crippen LogP contribution is 2.34. The van der Waals surface area contributed by atoms with Crippen molar-refractivity contribution < 1.29 is 13.2 Å². The van der Waals surface area contributed by atoms with E-state index in [9.17, 15) is 8.78 Å². The number of allylic oxidation sites excluding steroid dienone is 10. The van der Waals surface area contributed by atoms with Crippen molar-refractivity contribution in [2.75, 3.05) is 0 Å². The second-order valence-electron chi connectivity index (χ2n) is 12.2. The van der Waals surface area contributed by atoms with Crippen LogP contribution < -0.4 is 0 Å². The third kappa shape index (κ3) is 8.32. The van der Waals surface area contributed by atoms with E-state index in [1.807, 2.05) is 123 Å². The normalized spacial score (nSPS) is 12.1. The summed E-state index contributed by atoms with van der Waals surface area (Å²) in [4.78, 5) is 9.02. The zero-order valence-electron chi connectivity index (χ0n) is 29.5.